The molecule has 3 N–H and O–H groups in total. The number of aliphatic carboxylic acids is 1. The van der Waals surface area contributed by atoms with Crippen LogP contribution in [0.2, 0.25) is 0 Å². The predicted molar refractivity (Wildman–Crippen MR) is 88.3 cm³/mol. The number of carbonyl (C=O) groups is 2. The lowest BCUT2D eigenvalue weighted by molar-refractivity contribution is -0.140. The van der Waals surface area contributed by atoms with Gasteiger partial charge in [0.05, 0.1) is 0 Å². The molecule has 0 saturated carbocycles. The van der Waals surface area contributed by atoms with Gasteiger partial charge in [-0.2, -0.15) is 0 Å². The van der Waals surface area contributed by atoms with Gasteiger partial charge in [-0.25, -0.2) is 7.91 Å². The van der Waals surface area contributed by atoms with Crippen LogP contribution in [-0.4, -0.2) is 43.5 Å². The summed E-state index contributed by atoms with van der Waals surface area (Å²) in [5.74, 6) is -0.749. The SMILES string of the molecule is CC(C)(C)NC(=O)O.CCCCCN(I)C(C)C(=O)O. The molecule has 0 rings (SSSR count). The third-order valence-corrected chi connectivity index (χ3v) is 3.55. The van der Waals surface area contributed by atoms with Crippen molar-refractivity contribution in [1.82, 2.24) is 8.43 Å². The van der Waals surface area contributed by atoms with Crippen molar-refractivity contribution < 1.29 is 19.8 Å². The fourth-order valence-electron chi connectivity index (χ4n) is 1.15. The summed E-state index contributed by atoms with van der Waals surface area (Å²) in [5.41, 5.74) is -0.328. The Morgan fingerprint density at radius 3 is 2.00 bits per heavy atom. The Kier molecular flexibility index (Phi) is 12.1. The van der Waals surface area contributed by atoms with Crippen LogP contribution in [-0.2, 0) is 4.79 Å². The van der Waals surface area contributed by atoms with E-state index in [0.717, 1.165) is 13.0 Å². The largest absolute Gasteiger partial charge is 0.480 e. The Bertz CT molecular complexity index is 293. The normalized spacial score (nSPS) is 12.3. The number of carboxylic acids is 1. The lowest BCUT2D eigenvalue weighted by atomic mass is 10.1. The molecule has 6 nitrogen and oxygen atoms in total. The smallest absolute Gasteiger partial charge is 0.405 e. The van der Waals surface area contributed by atoms with E-state index < -0.39 is 12.1 Å². The van der Waals surface area contributed by atoms with Crippen LogP contribution in [0.4, 0.5) is 4.79 Å². The minimum Gasteiger partial charge on any atom is -0.480 e. The van der Waals surface area contributed by atoms with Gasteiger partial charge < -0.3 is 15.5 Å². The molecule has 0 radical (unpaired) electrons. The van der Waals surface area contributed by atoms with Gasteiger partial charge in [-0.15, -0.1) is 0 Å². The van der Waals surface area contributed by atoms with E-state index in [1.54, 1.807) is 27.7 Å². The zero-order valence-electron chi connectivity index (χ0n) is 12.9. The van der Waals surface area contributed by atoms with Gasteiger partial charge in [0.25, 0.3) is 0 Å². The van der Waals surface area contributed by atoms with E-state index in [1.807, 2.05) is 3.11 Å². The Balaban J connectivity index is 0. The van der Waals surface area contributed by atoms with Crippen LogP contribution in [0.15, 0.2) is 0 Å². The fourth-order valence-corrected chi connectivity index (χ4v) is 1.73. The number of hydrogen-bond donors (Lipinski definition) is 3. The first-order valence-electron chi connectivity index (χ1n) is 6.67. The molecule has 7 heteroatoms. The highest BCUT2D eigenvalue weighted by Crippen LogP contribution is 2.09. The summed E-state index contributed by atoms with van der Waals surface area (Å²) in [5, 5.41) is 19.1. The average molecular weight is 402 g/mol. The summed E-state index contributed by atoms with van der Waals surface area (Å²) in [7, 11) is 0. The third kappa shape index (κ3) is 15.5. The molecule has 1 unspecified atom stereocenters. The molecular weight excluding hydrogens is 375 g/mol. The second kappa shape index (κ2) is 11.1. The second-order valence-corrected chi connectivity index (χ2v) is 6.76. The van der Waals surface area contributed by atoms with Crippen molar-refractivity contribution in [2.24, 2.45) is 0 Å². The molecule has 0 aromatic heterocycles. The molecule has 0 spiro atoms. The van der Waals surface area contributed by atoms with Gasteiger partial charge in [0.2, 0.25) is 0 Å². The number of carboxylic acid groups (broad SMARTS) is 2. The summed E-state index contributed by atoms with van der Waals surface area (Å²) in [4.78, 5) is 20.4. The van der Waals surface area contributed by atoms with Gasteiger partial charge in [0.15, 0.2) is 0 Å². The van der Waals surface area contributed by atoms with Gasteiger partial charge in [-0.1, -0.05) is 19.8 Å². The van der Waals surface area contributed by atoms with Crippen LogP contribution < -0.4 is 5.32 Å². The second-order valence-electron chi connectivity index (χ2n) is 5.52. The minimum atomic E-state index is -0.975. The van der Waals surface area contributed by atoms with Crippen molar-refractivity contribution >= 4 is 34.9 Å². The Morgan fingerprint density at radius 2 is 1.75 bits per heavy atom. The molecule has 0 aromatic rings. The molecule has 0 aliphatic rings. The van der Waals surface area contributed by atoms with E-state index in [-0.39, 0.29) is 11.6 Å². The van der Waals surface area contributed by atoms with Gasteiger partial charge in [0.1, 0.15) is 6.04 Å². The standard InChI is InChI=1S/C8H16INO2.C5H11NO2/c1-3-4-5-6-10(9)7(2)8(11)12;1-5(2,3)6-4(7)8/h7H,3-6H2,1-2H3,(H,11,12);6H,1-3H3,(H,7,8). The molecule has 0 bridgehead atoms. The molecule has 0 aliphatic carbocycles. The molecular formula is C13H27IN2O4. The van der Waals surface area contributed by atoms with E-state index in [1.165, 1.54) is 12.8 Å². The molecule has 0 saturated heterocycles. The number of nitrogens with one attached hydrogen (secondary N) is 1. The van der Waals surface area contributed by atoms with Crippen molar-refractivity contribution in [2.45, 2.75) is 65.5 Å². The summed E-state index contributed by atoms with van der Waals surface area (Å²) in [6.07, 6.45) is 2.45. The van der Waals surface area contributed by atoms with Crippen molar-refractivity contribution in [1.29, 1.82) is 0 Å². The molecule has 0 aliphatic heterocycles. The first kappa shape index (κ1) is 21.7. The van der Waals surface area contributed by atoms with Crippen LogP contribution in [0.5, 0.6) is 0 Å². The van der Waals surface area contributed by atoms with Crippen LogP contribution >= 0.6 is 22.9 Å². The minimum absolute atomic E-state index is 0.328. The maximum Gasteiger partial charge on any atom is 0.405 e. The summed E-state index contributed by atoms with van der Waals surface area (Å²) >= 11 is 2.07. The number of rotatable bonds is 6. The van der Waals surface area contributed by atoms with Crippen LogP contribution in [0, 0.1) is 0 Å². The molecule has 20 heavy (non-hydrogen) atoms. The Hall–Kier alpha value is -0.570. The molecule has 0 fully saturated rings. The van der Waals surface area contributed by atoms with Crippen LogP contribution in [0.1, 0.15) is 53.9 Å². The molecule has 1 amide bonds. The highest BCUT2D eigenvalue weighted by Gasteiger charge is 2.16. The molecule has 0 aromatic carbocycles. The summed E-state index contributed by atoms with van der Waals surface area (Å²) in [6.45, 7) is 10.1. The van der Waals surface area contributed by atoms with Crippen molar-refractivity contribution in [3.63, 3.8) is 0 Å². The quantitative estimate of drug-likeness (QED) is 0.360. The van der Waals surface area contributed by atoms with E-state index in [9.17, 15) is 9.59 Å². The van der Waals surface area contributed by atoms with Crippen molar-refractivity contribution in [2.75, 3.05) is 6.54 Å². The predicted octanol–water partition coefficient (Wildman–Crippen LogP) is 3.35. The highest BCUT2D eigenvalue weighted by atomic mass is 127. The Morgan fingerprint density at radius 1 is 1.25 bits per heavy atom. The van der Waals surface area contributed by atoms with E-state index in [0.29, 0.717) is 0 Å². The first-order chi connectivity index (χ1) is 9.01. The molecule has 120 valence electrons. The monoisotopic (exact) mass is 402 g/mol. The van der Waals surface area contributed by atoms with E-state index in [4.69, 9.17) is 10.2 Å². The van der Waals surface area contributed by atoms with Crippen molar-refractivity contribution in [3.8, 4) is 0 Å². The number of amides is 1. The fraction of sp³-hybridized carbons (Fsp3) is 0.846. The molecule has 1 atom stereocenters. The lowest BCUT2D eigenvalue weighted by Crippen LogP contribution is -2.39. The zero-order valence-corrected chi connectivity index (χ0v) is 15.1. The van der Waals surface area contributed by atoms with Gasteiger partial charge >= 0.3 is 12.1 Å². The molecule has 0 heterocycles. The maximum absolute atomic E-state index is 10.5. The average Bonchev–Trinajstić information content (AvgIpc) is 2.25. The van der Waals surface area contributed by atoms with Gasteiger partial charge in [0, 0.05) is 34.9 Å². The van der Waals surface area contributed by atoms with Gasteiger partial charge in [-0.3, -0.25) is 4.79 Å². The number of nitrogens with zero attached hydrogens (tertiary/aromatic N) is 1. The van der Waals surface area contributed by atoms with Crippen LogP contribution in [0.25, 0.3) is 0 Å². The first-order valence-corrected chi connectivity index (χ1v) is 7.64. The third-order valence-electron chi connectivity index (χ3n) is 2.23. The summed E-state index contributed by atoms with van der Waals surface area (Å²) < 4.78 is 1.84. The zero-order chi connectivity index (χ0) is 16.3. The van der Waals surface area contributed by atoms with E-state index in [2.05, 4.69) is 35.1 Å². The van der Waals surface area contributed by atoms with Crippen LogP contribution in [0.3, 0.4) is 0 Å². The van der Waals surface area contributed by atoms with E-state index >= 15 is 0 Å². The topological polar surface area (TPSA) is 89.9 Å². The number of hydrogen-bond acceptors (Lipinski definition) is 3. The van der Waals surface area contributed by atoms with Crippen molar-refractivity contribution in [3.05, 3.63) is 0 Å². The highest BCUT2D eigenvalue weighted by molar-refractivity contribution is 14.1. The number of unbranched alkanes of at least 4 members (excludes halogenated alkanes) is 2. The maximum atomic E-state index is 10.5. The summed E-state index contributed by atoms with van der Waals surface area (Å²) in [6, 6.07) is -0.373. The lowest BCUT2D eigenvalue weighted by Gasteiger charge is -2.17. The van der Waals surface area contributed by atoms with Gasteiger partial charge in [-0.05, 0) is 34.1 Å². The Labute approximate surface area is 135 Å². The number of halogens is 1.